The highest BCUT2D eigenvalue weighted by atomic mass is 16.5. The van der Waals surface area contributed by atoms with E-state index >= 15 is 0 Å². The summed E-state index contributed by atoms with van der Waals surface area (Å²) in [5, 5.41) is 0. The Morgan fingerprint density at radius 2 is 2.00 bits per heavy atom. The van der Waals surface area contributed by atoms with Crippen molar-refractivity contribution in [1.29, 1.82) is 0 Å². The smallest absolute Gasteiger partial charge is 0.313 e. The molecular weight excluding hydrogens is 230 g/mol. The third-order valence-corrected chi connectivity index (χ3v) is 2.88. The molecule has 5 nitrogen and oxygen atoms in total. The number of nitrogens with zero attached hydrogens (tertiary/aromatic N) is 2. The molecule has 0 spiro atoms. The molecule has 0 radical (unpaired) electrons. The standard InChI is InChI=1S/C13H23N3O2/c1-6-13(5,14)9-18-10-11(17)16(8-7-15-10)12(2,3)4/h7-8H,6,9,14H2,1-5H3. The molecule has 1 heterocycles. The summed E-state index contributed by atoms with van der Waals surface area (Å²) in [5.41, 5.74) is 5.01. The Kier molecular flexibility index (Phi) is 4.16. The molecule has 102 valence electrons. The Bertz CT molecular complexity index is 458. The molecule has 1 aromatic rings. The van der Waals surface area contributed by atoms with Gasteiger partial charge < -0.3 is 15.0 Å². The van der Waals surface area contributed by atoms with Gasteiger partial charge in [-0.2, -0.15) is 0 Å². The van der Waals surface area contributed by atoms with Gasteiger partial charge in [-0.05, 0) is 34.1 Å². The highest BCUT2D eigenvalue weighted by Crippen LogP contribution is 2.12. The summed E-state index contributed by atoms with van der Waals surface area (Å²) < 4.78 is 7.07. The highest BCUT2D eigenvalue weighted by Gasteiger charge is 2.20. The van der Waals surface area contributed by atoms with Gasteiger partial charge >= 0.3 is 5.56 Å². The molecule has 0 fully saturated rings. The van der Waals surface area contributed by atoms with E-state index in [1.807, 2.05) is 34.6 Å². The Labute approximate surface area is 108 Å². The van der Waals surface area contributed by atoms with Crippen molar-refractivity contribution in [2.45, 2.75) is 52.1 Å². The van der Waals surface area contributed by atoms with Crippen LogP contribution in [-0.2, 0) is 5.54 Å². The van der Waals surface area contributed by atoms with E-state index in [2.05, 4.69) is 4.98 Å². The quantitative estimate of drug-likeness (QED) is 0.883. The topological polar surface area (TPSA) is 70.1 Å². The van der Waals surface area contributed by atoms with Crippen LogP contribution in [-0.4, -0.2) is 21.7 Å². The van der Waals surface area contributed by atoms with Crippen molar-refractivity contribution in [3.8, 4) is 5.88 Å². The summed E-state index contributed by atoms with van der Waals surface area (Å²) in [6.45, 7) is 10.0. The molecule has 1 unspecified atom stereocenters. The molecule has 0 aliphatic heterocycles. The molecule has 1 atom stereocenters. The Morgan fingerprint density at radius 3 is 2.50 bits per heavy atom. The molecule has 0 aliphatic rings. The zero-order chi connectivity index (χ0) is 14.0. The molecule has 1 rings (SSSR count). The number of rotatable bonds is 4. The van der Waals surface area contributed by atoms with Gasteiger partial charge in [-0.3, -0.25) is 4.79 Å². The lowest BCUT2D eigenvalue weighted by Gasteiger charge is -2.24. The molecule has 18 heavy (non-hydrogen) atoms. The van der Waals surface area contributed by atoms with Crippen LogP contribution in [0.25, 0.3) is 0 Å². The summed E-state index contributed by atoms with van der Waals surface area (Å²) in [4.78, 5) is 16.1. The lowest BCUT2D eigenvalue weighted by atomic mass is 10.0. The molecule has 5 heteroatoms. The van der Waals surface area contributed by atoms with Gasteiger partial charge in [0.1, 0.15) is 6.61 Å². The fraction of sp³-hybridized carbons (Fsp3) is 0.692. The van der Waals surface area contributed by atoms with Gasteiger partial charge in [0.15, 0.2) is 0 Å². The van der Waals surface area contributed by atoms with Crippen molar-refractivity contribution in [3.63, 3.8) is 0 Å². The number of ether oxygens (including phenoxy) is 1. The van der Waals surface area contributed by atoms with Crippen molar-refractivity contribution in [3.05, 3.63) is 22.7 Å². The largest absolute Gasteiger partial charge is 0.472 e. The van der Waals surface area contributed by atoms with Crippen molar-refractivity contribution in [2.24, 2.45) is 5.73 Å². The van der Waals surface area contributed by atoms with E-state index in [4.69, 9.17) is 10.5 Å². The maximum absolute atomic E-state index is 12.2. The van der Waals surface area contributed by atoms with Gasteiger partial charge in [-0.1, -0.05) is 6.92 Å². The van der Waals surface area contributed by atoms with Crippen LogP contribution in [0.1, 0.15) is 41.0 Å². The summed E-state index contributed by atoms with van der Waals surface area (Å²) in [5.74, 6) is 0.109. The molecule has 0 bridgehead atoms. The first kappa shape index (κ1) is 14.7. The molecule has 0 saturated carbocycles. The summed E-state index contributed by atoms with van der Waals surface area (Å²) in [6, 6.07) is 0. The van der Waals surface area contributed by atoms with Gasteiger partial charge in [0.2, 0.25) is 0 Å². The van der Waals surface area contributed by atoms with Crippen LogP contribution < -0.4 is 16.0 Å². The molecular formula is C13H23N3O2. The number of nitrogens with two attached hydrogens (primary N) is 1. The van der Waals surface area contributed by atoms with Crippen molar-refractivity contribution in [2.75, 3.05) is 6.61 Å². The van der Waals surface area contributed by atoms with E-state index < -0.39 is 5.54 Å². The van der Waals surface area contributed by atoms with Crippen LogP contribution >= 0.6 is 0 Å². The van der Waals surface area contributed by atoms with Gasteiger partial charge in [0.25, 0.3) is 5.88 Å². The number of hydrogen-bond donors (Lipinski definition) is 1. The summed E-state index contributed by atoms with van der Waals surface area (Å²) in [6.07, 6.45) is 4.01. The van der Waals surface area contributed by atoms with Crippen LogP contribution in [0.5, 0.6) is 5.88 Å². The van der Waals surface area contributed by atoms with Crippen molar-refractivity contribution >= 4 is 0 Å². The Hall–Kier alpha value is -1.36. The third kappa shape index (κ3) is 3.57. The second-order valence-corrected chi connectivity index (χ2v) is 5.87. The van der Waals surface area contributed by atoms with Gasteiger partial charge in [-0.25, -0.2) is 4.98 Å². The zero-order valence-electron chi connectivity index (χ0n) is 11.9. The van der Waals surface area contributed by atoms with Gasteiger partial charge in [0, 0.05) is 23.5 Å². The Morgan fingerprint density at radius 1 is 1.39 bits per heavy atom. The van der Waals surface area contributed by atoms with E-state index in [1.54, 1.807) is 17.0 Å². The first-order valence-electron chi connectivity index (χ1n) is 6.17. The molecule has 0 aliphatic carbocycles. The van der Waals surface area contributed by atoms with E-state index in [0.29, 0.717) is 0 Å². The first-order valence-corrected chi connectivity index (χ1v) is 6.17. The SMILES string of the molecule is CCC(C)(N)COc1nccn(C(C)(C)C)c1=O. The predicted octanol–water partition coefficient (Wildman–Crippen LogP) is 1.50. The second-order valence-electron chi connectivity index (χ2n) is 5.87. The van der Waals surface area contributed by atoms with Crippen LogP contribution in [0.3, 0.4) is 0 Å². The summed E-state index contributed by atoms with van der Waals surface area (Å²) in [7, 11) is 0. The maximum Gasteiger partial charge on any atom is 0.313 e. The summed E-state index contributed by atoms with van der Waals surface area (Å²) >= 11 is 0. The molecule has 2 N–H and O–H groups in total. The minimum atomic E-state index is -0.448. The highest BCUT2D eigenvalue weighted by molar-refractivity contribution is 5.07. The van der Waals surface area contributed by atoms with Crippen molar-refractivity contribution < 1.29 is 4.74 Å². The average molecular weight is 253 g/mol. The fourth-order valence-electron chi connectivity index (χ4n) is 1.36. The molecule has 1 aromatic heterocycles. The van der Waals surface area contributed by atoms with E-state index in [1.165, 1.54) is 0 Å². The van der Waals surface area contributed by atoms with Crippen molar-refractivity contribution in [1.82, 2.24) is 9.55 Å². The molecule has 0 saturated heterocycles. The van der Waals surface area contributed by atoms with Crippen LogP contribution in [0, 0.1) is 0 Å². The minimum absolute atomic E-state index is 0.109. The average Bonchev–Trinajstić information content (AvgIpc) is 2.26. The number of aromatic nitrogens is 2. The number of hydrogen-bond acceptors (Lipinski definition) is 4. The minimum Gasteiger partial charge on any atom is -0.472 e. The predicted molar refractivity (Wildman–Crippen MR) is 71.9 cm³/mol. The molecule has 0 amide bonds. The van der Waals surface area contributed by atoms with E-state index in [-0.39, 0.29) is 23.6 Å². The maximum atomic E-state index is 12.2. The first-order chi connectivity index (χ1) is 8.17. The third-order valence-electron chi connectivity index (χ3n) is 2.88. The fourth-order valence-corrected chi connectivity index (χ4v) is 1.36. The normalized spacial score (nSPS) is 15.2. The van der Waals surface area contributed by atoms with Crippen LogP contribution in [0.2, 0.25) is 0 Å². The monoisotopic (exact) mass is 253 g/mol. The Balaban J connectivity index is 2.96. The second kappa shape index (κ2) is 5.10. The van der Waals surface area contributed by atoms with E-state index in [9.17, 15) is 4.79 Å². The van der Waals surface area contributed by atoms with Gasteiger partial charge in [-0.15, -0.1) is 0 Å². The van der Waals surface area contributed by atoms with Gasteiger partial charge in [0.05, 0.1) is 0 Å². The molecule has 0 aromatic carbocycles. The van der Waals surface area contributed by atoms with Crippen LogP contribution in [0.4, 0.5) is 0 Å². The zero-order valence-corrected chi connectivity index (χ0v) is 11.9. The lowest BCUT2D eigenvalue weighted by molar-refractivity contribution is 0.211. The van der Waals surface area contributed by atoms with Crippen LogP contribution in [0.15, 0.2) is 17.2 Å². The lowest BCUT2D eigenvalue weighted by Crippen LogP contribution is -2.43. The van der Waals surface area contributed by atoms with E-state index in [0.717, 1.165) is 6.42 Å².